The van der Waals surface area contributed by atoms with Gasteiger partial charge < -0.3 is 15.3 Å². The maximum absolute atomic E-state index is 9.17. The average molecular weight is 256 g/mol. The molecule has 0 saturated carbocycles. The summed E-state index contributed by atoms with van der Waals surface area (Å²) in [4.78, 5) is 2.59. The molecule has 18 heavy (non-hydrogen) atoms. The van der Waals surface area contributed by atoms with E-state index in [0.717, 1.165) is 26.2 Å². The van der Waals surface area contributed by atoms with E-state index in [4.69, 9.17) is 0 Å². The molecule has 0 aliphatic carbocycles. The van der Waals surface area contributed by atoms with Crippen LogP contribution in [0.25, 0.3) is 0 Å². The van der Waals surface area contributed by atoms with Crippen molar-refractivity contribution in [3.63, 3.8) is 0 Å². The Kier molecular flexibility index (Phi) is 7.20. The van der Waals surface area contributed by atoms with Crippen LogP contribution >= 0.6 is 0 Å². The molecule has 1 rings (SSSR count). The smallest absolute Gasteiger partial charge is 0.0460 e. The molecule has 1 aliphatic heterocycles. The molecule has 0 aromatic heterocycles. The highest BCUT2D eigenvalue weighted by Crippen LogP contribution is 2.25. The summed E-state index contributed by atoms with van der Waals surface area (Å²) in [5, 5.41) is 12.7. The minimum atomic E-state index is 0.372. The summed E-state index contributed by atoms with van der Waals surface area (Å²) in [6, 6.07) is 0. The molecule has 1 heterocycles. The fraction of sp³-hybridized carbons (Fsp3) is 1.00. The van der Waals surface area contributed by atoms with Gasteiger partial charge in [0.2, 0.25) is 0 Å². The molecule has 1 unspecified atom stereocenters. The van der Waals surface area contributed by atoms with Crippen LogP contribution in [0.4, 0.5) is 0 Å². The Morgan fingerprint density at radius 1 is 1.28 bits per heavy atom. The number of likely N-dealkylation sites (tertiary alicyclic amines) is 1. The molecule has 1 aliphatic rings. The maximum atomic E-state index is 9.17. The predicted molar refractivity (Wildman–Crippen MR) is 77.8 cm³/mol. The molecule has 0 amide bonds. The largest absolute Gasteiger partial charge is 0.396 e. The summed E-state index contributed by atoms with van der Waals surface area (Å²) >= 11 is 0. The van der Waals surface area contributed by atoms with Crippen molar-refractivity contribution < 1.29 is 5.11 Å². The fourth-order valence-corrected chi connectivity index (χ4v) is 2.73. The molecule has 1 saturated heterocycles. The van der Waals surface area contributed by atoms with Crippen LogP contribution in [0.1, 0.15) is 46.5 Å². The monoisotopic (exact) mass is 256 g/mol. The molecule has 0 bridgehead atoms. The Morgan fingerprint density at radius 3 is 2.44 bits per heavy atom. The first-order valence-corrected chi connectivity index (χ1v) is 7.67. The first-order valence-electron chi connectivity index (χ1n) is 7.67. The molecular formula is C15H32N2O. The molecule has 1 fully saturated rings. The van der Waals surface area contributed by atoms with Crippen LogP contribution in [0.5, 0.6) is 0 Å². The third-order valence-electron chi connectivity index (χ3n) is 4.40. The van der Waals surface area contributed by atoms with E-state index in [1.54, 1.807) is 0 Å². The molecule has 3 nitrogen and oxygen atoms in total. The Bertz CT molecular complexity index is 215. The van der Waals surface area contributed by atoms with E-state index in [9.17, 15) is 5.11 Å². The highest BCUT2D eigenvalue weighted by atomic mass is 16.3. The molecule has 0 spiro atoms. The van der Waals surface area contributed by atoms with Gasteiger partial charge in [0.15, 0.2) is 0 Å². The lowest BCUT2D eigenvalue weighted by Gasteiger charge is -2.38. The zero-order valence-corrected chi connectivity index (χ0v) is 12.5. The van der Waals surface area contributed by atoms with Crippen LogP contribution in [0.2, 0.25) is 0 Å². The fourth-order valence-electron chi connectivity index (χ4n) is 2.73. The van der Waals surface area contributed by atoms with Crippen molar-refractivity contribution in [3.05, 3.63) is 0 Å². The van der Waals surface area contributed by atoms with E-state index in [0.29, 0.717) is 17.9 Å². The summed E-state index contributed by atoms with van der Waals surface area (Å²) < 4.78 is 0. The van der Waals surface area contributed by atoms with E-state index in [1.807, 2.05) is 0 Å². The Balaban J connectivity index is 2.33. The van der Waals surface area contributed by atoms with Crippen LogP contribution in [0.15, 0.2) is 0 Å². The second kappa shape index (κ2) is 8.13. The Morgan fingerprint density at radius 2 is 1.94 bits per heavy atom. The van der Waals surface area contributed by atoms with Crippen molar-refractivity contribution in [3.8, 4) is 0 Å². The number of nitrogens with zero attached hydrogens (tertiary/aromatic N) is 1. The zero-order chi connectivity index (χ0) is 13.4. The van der Waals surface area contributed by atoms with Gasteiger partial charge in [-0.05, 0) is 56.7 Å². The summed E-state index contributed by atoms with van der Waals surface area (Å²) in [5.41, 5.74) is 0.390. The van der Waals surface area contributed by atoms with Gasteiger partial charge in [0.05, 0.1) is 0 Å². The standard InChI is InChI=1S/C15H32N2O/c1-4-8-16-12-15(3,5-2)13-17-9-6-14(11-18)7-10-17/h14,16,18H,4-13H2,1-3H3. The molecule has 0 aromatic carbocycles. The number of rotatable bonds is 8. The number of hydrogen-bond donors (Lipinski definition) is 2. The summed E-state index contributed by atoms with van der Waals surface area (Å²) in [6.45, 7) is 13.1. The number of aliphatic hydroxyl groups is 1. The van der Waals surface area contributed by atoms with Crippen molar-refractivity contribution in [2.45, 2.75) is 46.5 Å². The lowest BCUT2D eigenvalue weighted by Crippen LogP contribution is -2.45. The SMILES string of the molecule is CCCNCC(C)(CC)CN1CCC(CO)CC1. The normalized spacial score (nSPS) is 22.0. The second-order valence-electron chi connectivity index (χ2n) is 6.24. The highest BCUT2D eigenvalue weighted by molar-refractivity contribution is 4.82. The zero-order valence-electron chi connectivity index (χ0n) is 12.5. The minimum Gasteiger partial charge on any atom is -0.396 e. The van der Waals surface area contributed by atoms with Gasteiger partial charge in [-0.1, -0.05) is 20.8 Å². The molecule has 108 valence electrons. The van der Waals surface area contributed by atoms with Crippen molar-refractivity contribution in [2.24, 2.45) is 11.3 Å². The quantitative estimate of drug-likeness (QED) is 0.653. The lowest BCUT2D eigenvalue weighted by atomic mass is 9.85. The van der Waals surface area contributed by atoms with Gasteiger partial charge in [-0.25, -0.2) is 0 Å². The van der Waals surface area contributed by atoms with Gasteiger partial charge in [0.25, 0.3) is 0 Å². The van der Waals surface area contributed by atoms with Gasteiger partial charge >= 0.3 is 0 Å². The predicted octanol–water partition coefficient (Wildman–Crippen LogP) is 2.11. The summed E-state index contributed by atoms with van der Waals surface area (Å²) in [7, 11) is 0. The van der Waals surface area contributed by atoms with E-state index < -0.39 is 0 Å². The van der Waals surface area contributed by atoms with Gasteiger partial charge in [0, 0.05) is 19.7 Å². The van der Waals surface area contributed by atoms with E-state index in [1.165, 1.54) is 32.2 Å². The summed E-state index contributed by atoms with van der Waals surface area (Å²) in [6.07, 6.45) is 4.77. The second-order valence-corrected chi connectivity index (χ2v) is 6.24. The summed E-state index contributed by atoms with van der Waals surface area (Å²) in [5.74, 6) is 0.548. The number of hydrogen-bond acceptors (Lipinski definition) is 3. The molecule has 0 aromatic rings. The third-order valence-corrected chi connectivity index (χ3v) is 4.40. The van der Waals surface area contributed by atoms with Crippen LogP contribution < -0.4 is 5.32 Å². The molecular weight excluding hydrogens is 224 g/mol. The van der Waals surface area contributed by atoms with Gasteiger partial charge in [-0.2, -0.15) is 0 Å². The van der Waals surface area contributed by atoms with Crippen molar-refractivity contribution in [2.75, 3.05) is 39.3 Å². The van der Waals surface area contributed by atoms with Crippen LogP contribution in [0, 0.1) is 11.3 Å². The van der Waals surface area contributed by atoms with Crippen molar-refractivity contribution >= 4 is 0 Å². The number of nitrogens with one attached hydrogen (secondary N) is 1. The van der Waals surface area contributed by atoms with Crippen molar-refractivity contribution in [1.82, 2.24) is 10.2 Å². The highest BCUT2D eigenvalue weighted by Gasteiger charge is 2.27. The maximum Gasteiger partial charge on any atom is 0.0460 e. The van der Waals surface area contributed by atoms with Crippen LogP contribution in [-0.2, 0) is 0 Å². The van der Waals surface area contributed by atoms with E-state index in [-0.39, 0.29) is 0 Å². The Hall–Kier alpha value is -0.120. The molecule has 2 N–H and O–H groups in total. The lowest BCUT2D eigenvalue weighted by molar-refractivity contribution is 0.0923. The van der Waals surface area contributed by atoms with Gasteiger partial charge in [0.1, 0.15) is 0 Å². The molecule has 1 atom stereocenters. The van der Waals surface area contributed by atoms with E-state index >= 15 is 0 Å². The third kappa shape index (κ3) is 5.25. The molecule has 0 radical (unpaired) electrons. The first-order chi connectivity index (χ1) is 8.63. The number of aliphatic hydroxyl groups excluding tert-OH is 1. The topological polar surface area (TPSA) is 35.5 Å². The number of piperidine rings is 1. The van der Waals surface area contributed by atoms with Crippen molar-refractivity contribution in [1.29, 1.82) is 0 Å². The van der Waals surface area contributed by atoms with Crippen LogP contribution in [0.3, 0.4) is 0 Å². The van der Waals surface area contributed by atoms with E-state index in [2.05, 4.69) is 31.0 Å². The first kappa shape index (κ1) is 15.9. The minimum absolute atomic E-state index is 0.372. The van der Waals surface area contributed by atoms with Gasteiger partial charge in [-0.3, -0.25) is 0 Å². The average Bonchev–Trinajstić information content (AvgIpc) is 2.40. The van der Waals surface area contributed by atoms with Crippen LogP contribution in [-0.4, -0.2) is 49.3 Å². The van der Waals surface area contributed by atoms with Gasteiger partial charge in [-0.15, -0.1) is 0 Å². The molecule has 3 heteroatoms. The Labute approximate surface area is 113 Å².